The van der Waals surface area contributed by atoms with Gasteiger partial charge in [0.25, 0.3) is 0 Å². The van der Waals surface area contributed by atoms with E-state index >= 15 is 0 Å². The largest absolute Gasteiger partial charge is 0.388 e. The molecule has 16 heavy (non-hydrogen) atoms. The predicted molar refractivity (Wildman–Crippen MR) is 71.6 cm³/mol. The summed E-state index contributed by atoms with van der Waals surface area (Å²) in [5.74, 6) is 0.244. The minimum Gasteiger partial charge on any atom is -0.388 e. The van der Waals surface area contributed by atoms with Crippen LogP contribution in [0.5, 0.6) is 0 Å². The second kappa shape index (κ2) is 6.01. The lowest BCUT2D eigenvalue weighted by Crippen LogP contribution is -2.32. The highest BCUT2D eigenvalue weighted by Gasteiger charge is 2.10. The van der Waals surface area contributed by atoms with E-state index in [1.807, 2.05) is 12.1 Å². The molecule has 1 rings (SSSR count). The van der Waals surface area contributed by atoms with Crippen molar-refractivity contribution in [1.82, 2.24) is 4.90 Å². The standard InChI is InChI=1S/C12H18BrN3/c1-9(6-12(14)15)16(2)8-10-4-3-5-11(13)7-10/h3-5,7,9H,6,8H2,1-2H3,(H3,14,15). The Hall–Kier alpha value is -0.870. The van der Waals surface area contributed by atoms with E-state index in [2.05, 4.69) is 46.9 Å². The lowest BCUT2D eigenvalue weighted by atomic mass is 10.1. The molecule has 0 aromatic heterocycles. The van der Waals surface area contributed by atoms with E-state index in [0.717, 1.165) is 11.0 Å². The summed E-state index contributed by atoms with van der Waals surface area (Å²) in [5, 5.41) is 7.28. The Kier molecular flexibility index (Phi) is 4.96. The minimum absolute atomic E-state index is 0.244. The summed E-state index contributed by atoms with van der Waals surface area (Å²) < 4.78 is 1.10. The quantitative estimate of drug-likeness (QED) is 0.645. The van der Waals surface area contributed by atoms with Crippen molar-refractivity contribution >= 4 is 21.8 Å². The predicted octanol–water partition coefficient (Wildman–Crippen LogP) is 2.60. The van der Waals surface area contributed by atoms with Crippen LogP contribution in [0.25, 0.3) is 0 Å². The van der Waals surface area contributed by atoms with Crippen LogP contribution in [0.15, 0.2) is 28.7 Å². The first-order valence-corrected chi connectivity index (χ1v) is 6.06. The van der Waals surface area contributed by atoms with Gasteiger partial charge in [0, 0.05) is 23.5 Å². The average Bonchev–Trinajstić information content (AvgIpc) is 2.16. The third-order valence-corrected chi connectivity index (χ3v) is 3.08. The topological polar surface area (TPSA) is 53.1 Å². The molecule has 0 aliphatic rings. The number of amidine groups is 1. The fourth-order valence-electron chi connectivity index (χ4n) is 1.55. The molecule has 0 aliphatic carbocycles. The third-order valence-electron chi connectivity index (χ3n) is 2.59. The highest BCUT2D eigenvalue weighted by atomic mass is 79.9. The number of nitrogens with zero attached hydrogens (tertiary/aromatic N) is 1. The van der Waals surface area contributed by atoms with Crippen LogP contribution in [-0.4, -0.2) is 23.8 Å². The number of benzene rings is 1. The van der Waals surface area contributed by atoms with Crippen molar-refractivity contribution in [2.45, 2.75) is 25.9 Å². The maximum Gasteiger partial charge on any atom is 0.0920 e. The Morgan fingerprint density at radius 1 is 1.56 bits per heavy atom. The number of hydrogen-bond donors (Lipinski definition) is 2. The van der Waals surface area contributed by atoms with E-state index in [1.165, 1.54) is 5.56 Å². The van der Waals surface area contributed by atoms with Crippen LogP contribution in [-0.2, 0) is 6.54 Å². The first-order chi connectivity index (χ1) is 7.49. The molecule has 0 fully saturated rings. The van der Waals surface area contributed by atoms with Crippen molar-refractivity contribution in [1.29, 1.82) is 5.41 Å². The molecule has 0 bridgehead atoms. The van der Waals surface area contributed by atoms with Gasteiger partial charge in [-0.1, -0.05) is 28.1 Å². The minimum atomic E-state index is 0.244. The van der Waals surface area contributed by atoms with Gasteiger partial charge in [0.1, 0.15) is 0 Å². The molecule has 0 heterocycles. The van der Waals surface area contributed by atoms with Crippen LogP contribution in [0.4, 0.5) is 0 Å². The fourth-order valence-corrected chi connectivity index (χ4v) is 2.00. The first kappa shape index (κ1) is 13.2. The maximum absolute atomic E-state index is 7.28. The number of nitrogens with two attached hydrogens (primary N) is 1. The number of halogens is 1. The van der Waals surface area contributed by atoms with Gasteiger partial charge in [-0.05, 0) is 31.7 Å². The highest BCUT2D eigenvalue weighted by Crippen LogP contribution is 2.14. The molecule has 3 nitrogen and oxygen atoms in total. The van der Waals surface area contributed by atoms with E-state index in [4.69, 9.17) is 11.1 Å². The summed E-state index contributed by atoms with van der Waals surface area (Å²) in [7, 11) is 2.05. The van der Waals surface area contributed by atoms with Crippen LogP contribution in [0.2, 0.25) is 0 Å². The zero-order chi connectivity index (χ0) is 12.1. The molecule has 0 radical (unpaired) electrons. The molecule has 0 spiro atoms. The van der Waals surface area contributed by atoms with E-state index in [9.17, 15) is 0 Å². The van der Waals surface area contributed by atoms with Gasteiger partial charge in [-0.2, -0.15) is 0 Å². The molecule has 0 amide bonds. The van der Waals surface area contributed by atoms with Crippen LogP contribution in [0, 0.1) is 5.41 Å². The Morgan fingerprint density at radius 2 is 2.25 bits per heavy atom. The van der Waals surface area contributed by atoms with Crippen molar-refractivity contribution in [3.05, 3.63) is 34.3 Å². The summed E-state index contributed by atoms with van der Waals surface area (Å²) >= 11 is 3.46. The molecule has 1 aromatic carbocycles. The van der Waals surface area contributed by atoms with Gasteiger partial charge in [-0.3, -0.25) is 10.3 Å². The van der Waals surface area contributed by atoms with Crippen LogP contribution >= 0.6 is 15.9 Å². The zero-order valence-corrected chi connectivity index (χ0v) is 11.3. The monoisotopic (exact) mass is 283 g/mol. The highest BCUT2D eigenvalue weighted by molar-refractivity contribution is 9.10. The maximum atomic E-state index is 7.28. The normalized spacial score (nSPS) is 12.8. The van der Waals surface area contributed by atoms with E-state index in [0.29, 0.717) is 6.42 Å². The van der Waals surface area contributed by atoms with Crippen LogP contribution < -0.4 is 5.73 Å². The van der Waals surface area contributed by atoms with Gasteiger partial charge in [0.05, 0.1) is 5.84 Å². The average molecular weight is 284 g/mol. The Labute approximate surface area is 105 Å². The second-order valence-corrected chi connectivity index (χ2v) is 5.04. The number of hydrogen-bond acceptors (Lipinski definition) is 2. The van der Waals surface area contributed by atoms with E-state index in [1.54, 1.807) is 0 Å². The van der Waals surface area contributed by atoms with E-state index < -0.39 is 0 Å². The summed E-state index contributed by atoms with van der Waals surface area (Å²) in [6, 6.07) is 8.54. The van der Waals surface area contributed by atoms with Gasteiger partial charge >= 0.3 is 0 Å². The number of nitrogens with one attached hydrogen (secondary N) is 1. The molecule has 1 aromatic rings. The van der Waals surface area contributed by atoms with Crippen LogP contribution in [0.3, 0.4) is 0 Å². The Morgan fingerprint density at radius 3 is 2.81 bits per heavy atom. The lowest BCUT2D eigenvalue weighted by molar-refractivity contribution is 0.254. The SMILES string of the molecule is CC(CC(=N)N)N(C)Cc1cccc(Br)c1. The summed E-state index contributed by atoms with van der Waals surface area (Å²) in [5.41, 5.74) is 6.65. The Bertz CT molecular complexity index is 365. The smallest absolute Gasteiger partial charge is 0.0920 e. The van der Waals surface area contributed by atoms with Crippen molar-refractivity contribution in [3.63, 3.8) is 0 Å². The lowest BCUT2D eigenvalue weighted by Gasteiger charge is -2.24. The summed E-state index contributed by atoms with van der Waals surface area (Å²) in [6.45, 7) is 2.95. The molecule has 3 N–H and O–H groups in total. The fraction of sp³-hybridized carbons (Fsp3) is 0.417. The second-order valence-electron chi connectivity index (χ2n) is 4.12. The molecule has 4 heteroatoms. The molecule has 1 atom stereocenters. The molecule has 0 saturated heterocycles. The van der Waals surface area contributed by atoms with Crippen molar-refractivity contribution in [2.75, 3.05) is 7.05 Å². The molecular formula is C12H18BrN3. The van der Waals surface area contributed by atoms with Crippen molar-refractivity contribution in [2.24, 2.45) is 5.73 Å². The number of rotatable bonds is 5. The van der Waals surface area contributed by atoms with Gasteiger partial charge in [0.15, 0.2) is 0 Å². The third kappa shape index (κ3) is 4.33. The molecule has 0 aliphatic heterocycles. The van der Waals surface area contributed by atoms with Gasteiger partial charge < -0.3 is 5.73 Å². The van der Waals surface area contributed by atoms with Gasteiger partial charge in [-0.15, -0.1) is 0 Å². The van der Waals surface area contributed by atoms with Crippen LogP contribution in [0.1, 0.15) is 18.9 Å². The summed E-state index contributed by atoms with van der Waals surface area (Å²) in [6.07, 6.45) is 0.616. The molecule has 0 saturated carbocycles. The molecule has 88 valence electrons. The first-order valence-electron chi connectivity index (χ1n) is 5.26. The van der Waals surface area contributed by atoms with Crippen molar-refractivity contribution < 1.29 is 0 Å². The molecular weight excluding hydrogens is 266 g/mol. The van der Waals surface area contributed by atoms with Gasteiger partial charge in [-0.25, -0.2) is 0 Å². The molecule has 1 unspecified atom stereocenters. The zero-order valence-electron chi connectivity index (χ0n) is 9.70. The van der Waals surface area contributed by atoms with Crippen molar-refractivity contribution in [3.8, 4) is 0 Å². The Balaban J connectivity index is 2.56. The van der Waals surface area contributed by atoms with E-state index in [-0.39, 0.29) is 11.9 Å². The van der Waals surface area contributed by atoms with Gasteiger partial charge in [0.2, 0.25) is 0 Å². The summed E-state index contributed by atoms with van der Waals surface area (Å²) in [4.78, 5) is 2.20.